The standard InChI is InChI=1S/C14H16FNO4/c15-9-3-5-10(6-4-9)16-14(19)11(8-13(17)18)12-2-1-7-20-12/h3-6,11-12H,1-2,7-8H2,(H,16,19)(H,17,18)/t11-,12+/m1/s1. The van der Waals surface area contributed by atoms with E-state index in [4.69, 9.17) is 9.84 Å². The van der Waals surface area contributed by atoms with E-state index in [1.165, 1.54) is 24.3 Å². The number of ether oxygens (including phenoxy) is 1. The zero-order valence-corrected chi connectivity index (χ0v) is 10.8. The van der Waals surface area contributed by atoms with Gasteiger partial charge in [0.05, 0.1) is 18.4 Å². The highest BCUT2D eigenvalue weighted by atomic mass is 19.1. The van der Waals surface area contributed by atoms with Gasteiger partial charge in [-0.2, -0.15) is 0 Å². The molecule has 2 atom stereocenters. The van der Waals surface area contributed by atoms with Gasteiger partial charge >= 0.3 is 5.97 Å². The lowest BCUT2D eigenvalue weighted by molar-refractivity contribution is -0.142. The maximum atomic E-state index is 12.8. The number of carbonyl (C=O) groups is 2. The maximum Gasteiger partial charge on any atom is 0.304 e. The van der Waals surface area contributed by atoms with Crippen LogP contribution in [-0.2, 0) is 14.3 Å². The van der Waals surface area contributed by atoms with E-state index in [0.29, 0.717) is 18.7 Å². The van der Waals surface area contributed by atoms with Gasteiger partial charge in [-0.1, -0.05) is 0 Å². The molecule has 108 valence electrons. The summed E-state index contributed by atoms with van der Waals surface area (Å²) in [5, 5.41) is 11.5. The quantitative estimate of drug-likeness (QED) is 0.866. The Morgan fingerprint density at radius 2 is 2.10 bits per heavy atom. The number of aliphatic carboxylic acids is 1. The Bertz CT molecular complexity index is 482. The first-order chi connectivity index (χ1) is 9.56. The summed E-state index contributed by atoms with van der Waals surface area (Å²) in [4.78, 5) is 23.1. The molecule has 0 aromatic heterocycles. The first-order valence-corrected chi connectivity index (χ1v) is 6.46. The molecule has 1 aliphatic rings. The Labute approximate surface area is 115 Å². The highest BCUT2D eigenvalue weighted by Crippen LogP contribution is 2.24. The van der Waals surface area contributed by atoms with Crippen LogP contribution >= 0.6 is 0 Å². The number of anilines is 1. The molecular weight excluding hydrogens is 265 g/mol. The second-order valence-corrected chi connectivity index (χ2v) is 4.75. The normalized spacial score (nSPS) is 19.6. The lowest BCUT2D eigenvalue weighted by Gasteiger charge is -2.20. The molecule has 0 unspecified atom stereocenters. The Balaban J connectivity index is 2.05. The number of amides is 1. The van der Waals surface area contributed by atoms with Crippen molar-refractivity contribution in [1.29, 1.82) is 0 Å². The fourth-order valence-electron chi connectivity index (χ4n) is 2.27. The van der Waals surface area contributed by atoms with Crippen molar-refractivity contribution in [2.75, 3.05) is 11.9 Å². The summed E-state index contributed by atoms with van der Waals surface area (Å²) in [6, 6.07) is 5.32. The molecule has 0 bridgehead atoms. The van der Waals surface area contributed by atoms with E-state index in [1.54, 1.807) is 0 Å². The van der Waals surface area contributed by atoms with Crippen molar-refractivity contribution >= 4 is 17.6 Å². The Kier molecular flexibility index (Phi) is 4.68. The smallest absolute Gasteiger partial charge is 0.304 e. The number of halogens is 1. The minimum atomic E-state index is -1.04. The molecule has 1 aromatic rings. The van der Waals surface area contributed by atoms with Gasteiger partial charge in [0.1, 0.15) is 5.82 Å². The number of nitrogens with one attached hydrogen (secondary N) is 1. The SMILES string of the molecule is O=C(O)C[C@@H](C(=O)Nc1ccc(F)cc1)[C@@H]1CCCO1. The molecule has 2 N–H and O–H groups in total. The van der Waals surface area contributed by atoms with Crippen LogP contribution in [0.15, 0.2) is 24.3 Å². The van der Waals surface area contributed by atoms with E-state index in [-0.39, 0.29) is 12.5 Å². The average Bonchev–Trinajstić information content (AvgIpc) is 2.92. The third-order valence-electron chi connectivity index (χ3n) is 3.26. The van der Waals surface area contributed by atoms with Crippen LogP contribution < -0.4 is 5.32 Å². The number of carbonyl (C=O) groups excluding carboxylic acids is 1. The van der Waals surface area contributed by atoms with Gasteiger partial charge < -0.3 is 15.2 Å². The first-order valence-electron chi connectivity index (χ1n) is 6.46. The highest BCUT2D eigenvalue weighted by Gasteiger charge is 2.33. The summed E-state index contributed by atoms with van der Waals surface area (Å²) < 4.78 is 18.2. The Hall–Kier alpha value is -1.95. The highest BCUT2D eigenvalue weighted by molar-refractivity contribution is 5.94. The number of carboxylic acids is 1. The van der Waals surface area contributed by atoms with E-state index in [9.17, 15) is 14.0 Å². The second kappa shape index (κ2) is 6.47. The van der Waals surface area contributed by atoms with Crippen molar-refractivity contribution in [3.63, 3.8) is 0 Å². The fourth-order valence-corrected chi connectivity index (χ4v) is 2.27. The molecule has 0 radical (unpaired) electrons. The van der Waals surface area contributed by atoms with Crippen molar-refractivity contribution < 1.29 is 23.8 Å². The molecule has 0 aliphatic carbocycles. The molecule has 20 heavy (non-hydrogen) atoms. The molecule has 6 heteroatoms. The lowest BCUT2D eigenvalue weighted by Crippen LogP contribution is -2.34. The van der Waals surface area contributed by atoms with Gasteiger partial charge in [-0.25, -0.2) is 4.39 Å². The topological polar surface area (TPSA) is 75.6 Å². The molecule has 2 rings (SSSR count). The van der Waals surface area contributed by atoms with E-state index in [2.05, 4.69) is 5.32 Å². The molecule has 1 fully saturated rings. The minimum absolute atomic E-state index is 0.280. The number of rotatable bonds is 5. The van der Waals surface area contributed by atoms with Gasteiger partial charge in [-0.3, -0.25) is 9.59 Å². The molecular formula is C14H16FNO4. The monoisotopic (exact) mass is 281 g/mol. The molecule has 0 saturated carbocycles. The first kappa shape index (κ1) is 14.5. The van der Waals surface area contributed by atoms with E-state index in [1.807, 2.05) is 0 Å². The van der Waals surface area contributed by atoms with Gasteiger partial charge in [0.2, 0.25) is 5.91 Å². The Morgan fingerprint density at radius 3 is 2.65 bits per heavy atom. The third-order valence-corrected chi connectivity index (χ3v) is 3.26. The molecule has 5 nitrogen and oxygen atoms in total. The lowest BCUT2D eigenvalue weighted by atomic mass is 9.95. The second-order valence-electron chi connectivity index (χ2n) is 4.75. The van der Waals surface area contributed by atoms with Crippen molar-refractivity contribution in [3.8, 4) is 0 Å². The number of benzene rings is 1. The van der Waals surface area contributed by atoms with E-state index < -0.39 is 23.6 Å². The summed E-state index contributed by atoms with van der Waals surface area (Å²) in [5.74, 6) is -2.59. The van der Waals surface area contributed by atoms with Gasteiger partial charge in [-0.15, -0.1) is 0 Å². The predicted molar refractivity (Wildman–Crippen MR) is 69.7 cm³/mol. The van der Waals surface area contributed by atoms with E-state index in [0.717, 1.165) is 6.42 Å². The third kappa shape index (κ3) is 3.77. The number of hydrogen-bond donors (Lipinski definition) is 2. The van der Waals surface area contributed by atoms with Gasteiger partial charge in [-0.05, 0) is 37.1 Å². The number of carboxylic acid groups (broad SMARTS) is 1. The predicted octanol–water partition coefficient (Wildman–Crippen LogP) is 2.03. The number of hydrogen-bond acceptors (Lipinski definition) is 3. The summed E-state index contributed by atoms with van der Waals surface area (Å²) in [5.41, 5.74) is 0.435. The van der Waals surface area contributed by atoms with Gasteiger partial charge in [0.15, 0.2) is 0 Å². The van der Waals surface area contributed by atoms with Crippen LogP contribution in [0, 0.1) is 11.7 Å². The van der Waals surface area contributed by atoms with Gasteiger partial charge in [0.25, 0.3) is 0 Å². The van der Waals surface area contributed by atoms with Crippen LogP contribution in [0.1, 0.15) is 19.3 Å². The fraction of sp³-hybridized carbons (Fsp3) is 0.429. The molecule has 1 aromatic carbocycles. The van der Waals surface area contributed by atoms with Crippen molar-refractivity contribution in [2.24, 2.45) is 5.92 Å². The minimum Gasteiger partial charge on any atom is -0.481 e. The summed E-state index contributed by atoms with van der Waals surface area (Å²) >= 11 is 0. The summed E-state index contributed by atoms with van der Waals surface area (Å²) in [7, 11) is 0. The van der Waals surface area contributed by atoms with Crippen molar-refractivity contribution in [3.05, 3.63) is 30.1 Å². The Morgan fingerprint density at radius 1 is 1.40 bits per heavy atom. The molecule has 1 heterocycles. The maximum absolute atomic E-state index is 12.8. The molecule has 1 amide bonds. The van der Waals surface area contributed by atoms with Crippen LogP contribution in [0.2, 0.25) is 0 Å². The zero-order valence-electron chi connectivity index (χ0n) is 10.8. The van der Waals surface area contributed by atoms with Crippen molar-refractivity contribution in [1.82, 2.24) is 0 Å². The summed E-state index contributed by atoms with van der Waals surface area (Å²) in [6.07, 6.45) is 0.850. The largest absolute Gasteiger partial charge is 0.481 e. The van der Waals surface area contributed by atoms with Crippen LogP contribution in [0.5, 0.6) is 0 Å². The van der Waals surface area contributed by atoms with E-state index >= 15 is 0 Å². The van der Waals surface area contributed by atoms with Crippen LogP contribution in [0.4, 0.5) is 10.1 Å². The molecule has 0 spiro atoms. The van der Waals surface area contributed by atoms with Crippen LogP contribution in [-0.4, -0.2) is 29.7 Å². The molecule has 1 saturated heterocycles. The van der Waals surface area contributed by atoms with Gasteiger partial charge in [0, 0.05) is 12.3 Å². The van der Waals surface area contributed by atoms with Crippen molar-refractivity contribution in [2.45, 2.75) is 25.4 Å². The summed E-state index contributed by atoms with van der Waals surface area (Å²) in [6.45, 7) is 0.546. The van der Waals surface area contributed by atoms with Crippen LogP contribution in [0.3, 0.4) is 0 Å². The average molecular weight is 281 g/mol. The zero-order chi connectivity index (χ0) is 14.5. The molecule has 1 aliphatic heterocycles. The van der Waals surface area contributed by atoms with Crippen LogP contribution in [0.25, 0.3) is 0 Å².